The van der Waals surface area contributed by atoms with Gasteiger partial charge in [0.25, 0.3) is 5.91 Å². The van der Waals surface area contributed by atoms with Crippen molar-refractivity contribution in [3.63, 3.8) is 0 Å². The van der Waals surface area contributed by atoms with Crippen LogP contribution in [0.5, 0.6) is 0 Å². The lowest BCUT2D eigenvalue weighted by atomic mass is 9.69. The van der Waals surface area contributed by atoms with Gasteiger partial charge in [-0.3, -0.25) is 9.69 Å². The molecule has 0 N–H and O–H groups in total. The number of carbonyl (C=O) groups is 1. The van der Waals surface area contributed by atoms with Gasteiger partial charge in [-0.2, -0.15) is 0 Å². The van der Waals surface area contributed by atoms with Gasteiger partial charge in [0.2, 0.25) is 0 Å². The largest absolute Gasteiger partial charge is 0.382 e. The van der Waals surface area contributed by atoms with Gasteiger partial charge in [0.15, 0.2) is 0 Å². The van der Waals surface area contributed by atoms with Crippen molar-refractivity contribution < 1.29 is 14.3 Å². The van der Waals surface area contributed by atoms with E-state index in [2.05, 4.69) is 9.88 Å². The number of hydrogen-bond donors (Lipinski definition) is 0. The summed E-state index contributed by atoms with van der Waals surface area (Å²) in [5, 5.41) is 1.07. The highest BCUT2D eigenvalue weighted by molar-refractivity contribution is 5.95. The van der Waals surface area contributed by atoms with Gasteiger partial charge >= 0.3 is 0 Å². The van der Waals surface area contributed by atoms with E-state index in [4.69, 9.17) is 9.47 Å². The van der Waals surface area contributed by atoms with Crippen molar-refractivity contribution in [2.75, 3.05) is 40.0 Å². The highest BCUT2D eigenvalue weighted by Gasteiger charge is 2.56. The zero-order chi connectivity index (χ0) is 22.0. The number of hydrogen-bond acceptors (Lipinski definition) is 5. The average molecular weight is 438 g/mol. The number of rotatable bonds is 6. The summed E-state index contributed by atoms with van der Waals surface area (Å²) in [5.41, 5.74) is 1.65. The van der Waals surface area contributed by atoms with Crippen LogP contribution in [0, 0.1) is 0 Å². The monoisotopic (exact) mass is 437 g/mol. The van der Waals surface area contributed by atoms with E-state index in [1.165, 1.54) is 32.1 Å². The molecule has 6 nitrogen and oxygen atoms in total. The third kappa shape index (κ3) is 4.04. The van der Waals surface area contributed by atoms with Crippen LogP contribution in [0.4, 0.5) is 0 Å². The molecule has 0 bridgehead atoms. The van der Waals surface area contributed by atoms with Gasteiger partial charge < -0.3 is 14.4 Å². The summed E-state index contributed by atoms with van der Waals surface area (Å²) >= 11 is 0. The second-order valence-corrected chi connectivity index (χ2v) is 9.58. The molecule has 172 valence electrons. The fourth-order valence-corrected chi connectivity index (χ4v) is 6.10. The maximum Gasteiger partial charge on any atom is 0.272 e. The third-order valence-electron chi connectivity index (χ3n) is 7.87. The van der Waals surface area contributed by atoms with Crippen LogP contribution in [-0.2, 0) is 9.47 Å². The SMILES string of the molecule is COCCOC1CN(C2CCN(C(=O)c3ccc4ccccc4n3)CC2)C12CCCCC2. The summed E-state index contributed by atoms with van der Waals surface area (Å²) in [4.78, 5) is 22.5. The van der Waals surface area contributed by atoms with Crippen molar-refractivity contribution in [1.82, 2.24) is 14.8 Å². The summed E-state index contributed by atoms with van der Waals surface area (Å²) in [5.74, 6) is 0.0611. The van der Waals surface area contributed by atoms with Gasteiger partial charge in [0.05, 0.1) is 24.8 Å². The second-order valence-electron chi connectivity index (χ2n) is 9.58. The minimum absolute atomic E-state index is 0.0611. The lowest BCUT2D eigenvalue weighted by molar-refractivity contribution is -0.203. The van der Waals surface area contributed by atoms with E-state index in [9.17, 15) is 4.79 Å². The number of piperidine rings is 1. The molecule has 2 saturated heterocycles. The predicted octanol–water partition coefficient (Wildman–Crippen LogP) is 3.89. The van der Waals surface area contributed by atoms with Crippen LogP contribution >= 0.6 is 0 Å². The molecule has 2 aromatic rings. The molecule has 1 amide bonds. The Kier molecular flexibility index (Phi) is 6.44. The maximum atomic E-state index is 13.1. The summed E-state index contributed by atoms with van der Waals surface area (Å²) in [6.07, 6.45) is 8.82. The number of para-hydroxylation sites is 1. The van der Waals surface area contributed by atoms with Crippen LogP contribution in [-0.4, -0.2) is 78.3 Å². The number of pyridine rings is 1. The van der Waals surface area contributed by atoms with Gasteiger partial charge in [-0.25, -0.2) is 4.98 Å². The molecular weight excluding hydrogens is 402 g/mol. The first kappa shape index (κ1) is 21.8. The van der Waals surface area contributed by atoms with Gasteiger partial charge in [0.1, 0.15) is 5.69 Å². The van der Waals surface area contributed by atoms with Crippen LogP contribution in [0.3, 0.4) is 0 Å². The molecule has 1 aromatic heterocycles. The predicted molar refractivity (Wildman–Crippen MR) is 125 cm³/mol. The Labute approximate surface area is 190 Å². The molecular formula is C26H35N3O3. The van der Waals surface area contributed by atoms with Crippen molar-refractivity contribution in [2.24, 2.45) is 0 Å². The van der Waals surface area contributed by atoms with Crippen molar-refractivity contribution in [2.45, 2.75) is 62.6 Å². The summed E-state index contributed by atoms with van der Waals surface area (Å²) in [6.45, 7) is 3.98. The molecule has 1 aromatic carbocycles. The first-order chi connectivity index (χ1) is 15.7. The molecule has 5 rings (SSSR count). The molecule has 6 heteroatoms. The fourth-order valence-electron chi connectivity index (χ4n) is 6.10. The molecule has 0 radical (unpaired) electrons. The summed E-state index contributed by atoms with van der Waals surface area (Å²) in [7, 11) is 1.73. The third-order valence-corrected chi connectivity index (χ3v) is 7.87. The highest BCUT2D eigenvalue weighted by Crippen LogP contribution is 2.47. The van der Waals surface area contributed by atoms with Crippen molar-refractivity contribution >= 4 is 16.8 Å². The van der Waals surface area contributed by atoms with E-state index in [1.54, 1.807) is 7.11 Å². The molecule has 1 aliphatic carbocycles. The Balaban J connectivity index is 1.21. The van der Waals surface area contributed by atoms with E-state index >= 15 is 0 Å². The molecule has 1 atom stereocenters. The zero-order valence-electron chi connectivity index (χ0n) is 19.2. The van der Waals surface area contributed by atoms with Crippen LogP contribution in [0.15, 0.2) is 36.4 Å². The van der Waals surface area contributed by atoms with Crippen LogP contribution in [0.25, 0.3) is 10.9 Å². The van der Waals surface area contributed by atoms with Gasteiger partial charge in [-0.15, -0.1) is 0 Å². The standard InChI is InChI=1S/C26H35N3O3/c1-31-17-18-32-24-19-29(26(24)13-5-2-6-14-26)21-11-15-28(16-12-21)25(30)23-10-9-20-7-3-4-8-22(20)27-23/h3-4,7-10,21,24H,2,5-6,11-19H2,1H3. The number of amides is 1. The van der Waals surface area contributed by atoms with E-state index < -0.39 is 0 Å². The molecule has 3 fully saturated rings. The van der Waals surface area contributed by atoms with Gasteiger partial charge in [0, 0.05) is 43.7 Å². The molecule has 3 aliphatic rings. The normalized spacial score (nSPS) is 24.0. The molecule has 2 aliphatic heterocycles. The molecule has 3 heterocycles. The van der Waals surface area contributed by atoms with Crippen molar-refractivity contribution in [1.29, 1.82) is 0 Å². The lowest BCUT2D eigenvalue weighted by Gasteiger charge is -2.63. The van der Waals surface area contributed by atoms with E-state index in [0.29, 0.717) is 31.1 Å². The van der Waals surface area contributed by atoms with Gasteiger partial charge in [-0.1, -0.05) is 43.5 Å². The van der Waals surface area contributed by atoms with E-state index in [0.717, 1.165) is 43.4 Å². The van der Waals surface area contributed by atoms with Crippen molar-refractivity contribution in [3.05, 3.63) is 42.1 Å². The fraction of sp³-hybridized carbons (Fsp3) is 0.615. The Bertz CT molecular complexity index is 935. The Morgan fingerprint density at radius 1 is 1.06 bits per heavy atom. The minimum Gasteiger partial charge on any atom is -0.382 e. The topological polar surface area (TPSA) is 54.9 Å². The lowest BCUT2D eigenvalue weighted by Crippen LogP contribution is -2.75. The molecule has 1 spiro atoms. The minimum atomic E-state index is 0.0611. The maximum absolute atomic E-state index is 13.1. The highest BCUT2D eigenvalue weighted by atomic mass is 16.5. The average Bonchev–Trinajstić information content (AvgIpc) is 2.85. The van der Waals surface area contributed by atoms with E-state index in [-0.39, 0.29) is 11.4 Å². The van der Waals surface area contributed by atoms with Crippen molar-refractivity contribution in [3.8, 4) is 0 Å². The second kappa shape index (κ2) is 9.46. The van der Waals surface area contributed by atoms with Crippen LogP contribution < -0.4 is 0 Å². The summed E-state index contributed by atoms with van der Waals surface area (Å²) < 4.78 is 11.4. The quantitative estimate of drug-likeness (QED) is 0.642. The van der Waals surface area contributed by atoms with Crippen LogP contribution in [0.1, 0.15) is 55.4 Å². The number of ether oxygens (including phenoxy) is 2. The van der Waals surface area contributed by atoms with E-state index in [1.807, 2.05) is 41.3 Å². The Morgan fingerprint density at radius 2 is 1.84 bits per heavy atom. The summed E-state index contributed by atoms with van der Waals surface area (Å²) in [6, 6.07) is 12.4. The molecule has 1 saturated carbocycles. The molecule has 1 unspecified atom stereocenters. The first-order valence-electron chi connectivity index (χ1n) is 12.2. The van der Waals surface area contributed by atoms with Crippen LogP contribution in [0.2, 0.25) is 0 Å². The number of methoxy groups -OCH3 is 1. The zero-order valence-corrected chi connectivity index (χ0v) is 19.2. The molecule has 32 heavy (non-hydrogen) atoms. The first-order valence-corrected chi connectivity index (χ1v) is 12.2. The Hall–Kier alpha value is -2.02. The number of carbonyl (C=O) groups excluding carboxylic acids is 1. The van der Waals surface area contributed by atoms with Gasteiger partial charge in [-0.05, 0) is 37.8 Å². The number of aromatic nitrogens is 1. The number of likely N-dealkylation sites (tertiary alicyclic amines) is 2. The number of nitrogens with zero attached hydrogens (tertiary/aromatic N) is 3. The number of fused-ring (bicyclic) bond motifs is 1. The Morgan fingerprint density at radius 3 is 2.62 bits per heavy atom. The smallest absolute Gasteiger partial charge is 0.272 e. The number of benzene rings is 1.